The van der Waals surface area contributed by atoms with Gasteiger partial charge < -0.3 is 25.8 Å². The largest absolute Gasteiger partial charge is 0.395 e. The fourth-order valence-corrected chi connectivity index (χ4v) is 6.64. The van der Waals surface area contributed by atoms with Gasteiger partial charge in [0.1, 0.15) is 5.82 Å². The summed E-state index contributed by atoms with van der Waals surface area (Å²) in [7, 11) is 1.85. The first-order valence-electron chi connectivity index (χ1n) is 16.1. The molecule has 0 bridgehead atoms. The number of nitrogens with one attached hydrogen (secondary N) is 1. The number of hydrogen-bond acceptors (Lipinski definition) is 7. The predicted molar refractivity (Wildman–Crippen MR) is 176 cm³/mol. The SMILES string of the molecule is Cn1cc(-c2cnc(N)c(C(=O)N[C@H]3CCCC3OCc3ccc(-c4ccc(CC5CCN(CCO)CC5)cc4)cc3)c2)cn1. The van der Waals surface area contributed by atoms with Crippen LogP contribution in [0.25, 0.3) is 22.3 Å². The van der Waals surface area contributed by atoms with Crippen molar-refractivity contribution >= 4 is 11.7 Å². The highest BCUT2D eigenvalue weighted by atomic mass is 16.5. The monoisotopic (exact) mass is 608 g/mol. The number of ether oxygens (including phenoxy) is 1. The van der Waals surface area contributed by atoms with Gasteiger partial charge in [0.2, 0.25) is 0 Å². The number of carbonyl (C=O) groups is 1. The molecule has 2 aromatic heterocycles. The zero-order valence-corrected chi connectivity index (χ0v) is 26.1. The highest BCUT2D eigenvalue weighted by Crippen LogP contribution is 2.28. The number of carbonyl (C=O) groups excluding carboxylic acids is 1. The van der Waals surface area contributed by atoms with Crippen molar-refractivity contribution in [3.8, 4) is 22.3 Å². The fraction of sp³-hybridized carbons (Fsp3) is 0.417. The lowest BCUT2D eigenvalue weighted by atomic mass is 9.89. The van der Waals surface area contributed by atoms with Gasteiger partial charge in [-0.15, -0.1) is 0 Å². The molecular weight excluding hydrogens is 564 g/mol. The van der Waals surface area contributed by atoms with Crippen LogP contribution in [0, 0.1) is 5.92 Å². The normalized spacial score (nSPS) is 19.2. The van der Waals surface area contributed by atoms with E-state index in [4.69, 9.17) is 15.6 Å². The standard InChI is InChI=1S/C36H44N6O3/c1-41-23-31(22-39-41)30-20-32(35(37)38-21-30)36(44)40-33-3-2-4-34(33)45-24-27-7-11-29(12-8-27)28-9-5-25(6-10-28)19-26-13-15-42(16-14-26)17-18-43/h5-12,20-23,26,33-34,43H,2-4,13-19,24H2,1H3,(H2,37,38)(H,40,44)/t33-,34?/m0/s1. The summed E-state index contributed by atoms with van der Waals surface area (Å²) in [5.74, 6) is 0.697. The van der Waals surface area contributed by atoms with E-state index in [1.807, 2.05) is 13.2 Å². The molecule has 3 heterocycles. The smallest absolute Gasteiger partial charge is 0.255 e. The minimum absolute atomic E-state index is 0.0567. The Morgan fingerprint density at radius 2 is 1.67 bits per heavy atom. The molecule has 2 fully saturated rings. The minimum Gasteiger partial charge on any atom is -0.395 e. The van der Waals surface area contributed by atoms with E-state index in [0.717, 1.165) is 67.9 Å². The molecule has 9 nitrogen and oxygen atoms in total. The molecule has 1 aliphatic heterocycles. The number of β-amino-alcohol motifs (C(OH)–C–C–N with tert-alkyl or cyclic N) is 1. The lowest BCUT2D eigenvalue weighted by molar-refractivity contribution is 0.0272. The molecule has 45 heavy (non-hydrogen) atoms. The van der Waals surface area contributed by atoms with E-state index in [2.05, 4.69) is 68.8 Å². The molecule has 1 saturated heterocycles. The first-order chi connectivity index (χ1) is 21.9. The topological polar surface area (TPSA) is 119 Å². The van der Waals surface area contributed by atoms with Crippen molar-refractivity contribution in [1.29, 1.82) is 0 Å². The molecule has 4 aromatic rings. The minimum atomic E-state index is -0.231. The molecule has 1 saturated carbocycles. The average molecular weight is 609 g/mol. The van der Waals surface area contributed by atoms with Crippen molar-refractivity contribution in [1.82, 2.24) is 25.0 Å². The number of aromatic nitrogens is 3. The fourth-order valence-electron chi connectivity index (χ4n) is 6.64. The maximum atomic E-state index is 13.2. The maximum Gasteiger partial charge on any atom is 0.255 e. The number of likely N-dealkylation sites (tertiary alicyclic amines) is 1. The number of aliphatic hydroxyl groups is 1. The lowest BCUT2D eigenvalue weighted by Crippen LogP contribution is -2.41. The Kier molecular flexibility index (Phi) is 9.88. The quantitative estimate of drug-likeness (QED) is 0.223. The second kappa shape index (κ2) is 14.4. The van der Waals surface area contributed by atoms with Gasteiger partial charge in [-0.3, -0.25) is 9.48 Å². The van der Waals surface area contributed by atoms with Gasteiger partial charge in [0.25, 0.3) is 5.91 Å². The van der Waals surface area contributed by atoms with Crippen LogP contribution in [0.2, 0.25) is 0 Å². The highest BCUT2D eigenvalue weighted by molar-refractivity contribution is 5.99. The third kappa shape index (κ3) is 7.79. The van der Waals surface area contributed by atoms with Gasteiger partial charge >= 0.3 is 0 Å². The molecule has 2 aromatic carbocycles. The summed E-state index contributed by atoms with van der Waals surface area (Å²) in [4.78, 5) is 19.9. The van der Waals surface area contributed by atoms with Crippen LogP contribution >= 0.6 is 0 Å². The number of benzene rings is 2. The average Bonchev–Trinajstić information content (AvgIpc) is 3.70. The molecule has 6 rings (SSSR count). The summed E-state index contributed by atoms with van der Waals surface area (Å²) < 4.78 is 8.04. The van der Waals surface area contributed by atoms with Crippen LogP contribution in [-0.4, -0.2) is 69.1 Å². The maximum absolute atomic E-state index is 13.2. The molecule has 0 spiro atoms. The molecule has 4 N–H and O–H groups in total. The number of pyridine rings is 1. The van der Waals surface area contributed by atoms with E-state index in [0.29, 0.717) is 12.2 Å². The number of aliphatic hydroxyl groups excluding tert-OH is 1. The van der Waals surface area contributed by atoms with Crippen LogP contribution < -0.4 is 11.1 Å². The number of amides is 1. The first kappa shape index (κ1) is 31.0. The molecule has 236 valence electrons. The number of hydrogen-bond donors (Lipinski definition) is 3. The van der Waals surface area contributed by atoms with Crippen molar-refractivity contribution in [3.63, 3.8) is 0 Å². The molecule has 2 atom stereocenters. The second-order valence-electron chi connectivity index (χ2n) is 12.5. The number of nitrogens with two attached hydrogens (primary N) is 1. The van der Waals surface area contributed by atoms with E-state index < -0.39 is 0 Å². The van der Waals surface area contributed by atoms with Crippen molar-refractivity contribution in [2.24, 2.45) is 13.0 Å². The molecule has 1 amide bonds. The predicted octanol–water partition coefficient (Wildman–Crippen LogP) is 4.85. The molecular formula is C36H44N6O3. The van der Waals surface area contributed by atoms with Gasteiger partial charge in [-0.1, -0.05) is 48.5 Å². The summed E-state index contributed by atoms with van der Waals surface area (Å²) >= 11 is 0. The van der Waals surface area contributed by atoms with Crippen molar-refractivity contribution < 1.29 is 14.6 Å². The zero-order valence-electron chi connectivity index (χ0n) is 26.1. The molecule has 9 heteroatoms. The van der Waals surface area contributed by atoms with Gasteiger partial charge in [-0.05, 0) is 85.9 Å². The third-order valence-corrected chi connectivity index (χ3v) is 9.32. The Bertz CT molecular complexity index is 1560. The van der Waals surface area contributed by atoms with E-state index in [-0.39, 0.29) is 30.5 Å². The van der Waals surface area contributed by atoms with E-state index >= 15 is 0 Å². The number of aryl methyl sites for hydroxylation is 1. The van der Waals surface area contributed by atoms with Crippen LogP contribution in [0.3, 0.4) is 0 Å². The van der Waals surface area contributed by atoms with Crippen molar-refractivity contribution in [2.45, 2.75) is 57.3 Å². The molecule has 1 aliphatic carbocycles. The Morgan fingerprint density at radius 1 is 0.956 bits per heavy atom. The van der Waals surface area contributed by atoms with Crippen LogP contribution in [-0.2, 0) is 24.8 Å². The number of nitrogens with zero attached hydrogens (tertiary/aromatic N) is 4. The van der Waals surface area contributed by atoms with Crippen LogP contribution in [0.1, 0.15) is 53.6 Å². The van der Waals surface area contributed by atoms with Gasteiger partial charge in [-0.25, -0.2) is 4.98 Å². The van der Waals surface area contributed by atoms with Crippen LogP contribution in [0.15, 0.2) is 73.2 Å². The summed E-state index contributed by atoms with van der Waals surface area (Å²) in [5.41, 5.74) is 13.0. The number of rotatable bonds is 11. The summed E-state index contributed by atoms with van der Waals surface area (Å²) in [6, 6.07) is 19.2. The summed E-state index contributed by atoms with van der Waals surface area (Å²) in [5, 5.41) is 16.5. The first-order valence-corrected chi connectivity index (χ1v) is 16.1. The Morgan fingerprint density at radius 3 is 2.33 bits per heavy atom. The molecule has 2 aliphatic rings. The summed E-state index contributed by atoms with van der Waals surface area (Å²) in [6.07, 6.45) is 11.5. The lowest BCUT2D eigenvalue weighted by Gasteiger charge is -2.31. The van der Waals surface area contributed by atoms with Gasteiger partial charge in [0.05, 0.1) is 37.1 Å². The van der Waals surface area contributed by atoms with Crippen molar-refractivity contribution in [3.05, 3.63) is 89.9 Å². The van der Waals surface area contributed by atoms with Gasteiger partial charge in [0, 0.05) is 37.1 Å². The van der Waals surface area contributed by atoms with Crippen LogP contribution in [0.5, 0.6) is 0 Å². The van der Waals surface area contributed by atoms with Crippen molar-refractivity contribution in [2.75, 3.05) is 32.0 Å². The number of nitrogen functional groups attached to an aromatic ring is 1. The molecule has 0 radical (unpaired) electrons. The Labute approximate surface area is 265 Å². The third-order valence-electron chi connectivity index (χ3n) is 9.32. The Balaban J connectivity index is 0.999. The highest BCUT2D eigenvalue weighted by Gasteiger charge is 2.30. The number of piperidine rings is 1. The van der Waals surface area contributed by atoms with Crippen LogP contribution in [0.4, 0.5) is 5.82 Å². The molecule has 1 unspecified atom stereocenters. The van der Waals surface area contributed by atoms with Gasteiger partial charge in [-0.2, -0.15) is 5.10 Å². The summed E-state index contributed by atoms with van der Waals surface area (Å²) in [6.45, 7) is 3.71. The van der Waals surface area contributed by atoms with E-state index in [9.17, 15) is 4.79 Å². The van der Waals surface area contributed by atoms with Gasteiger partial charge in [0.15, 0.2) is 0 Å². The Hall–Kier alpha value is -4.05. The second-order valence-corrected chi connectivity index (χ2v) is 12.5. The zero-order chi connectivity index (χ0) is 31.2. The van der Waals surface area contributed by atoms with E-state index in [1.54, 1.807) is 23.1 Å². The number of anilines is 1. The van der Waals surface area contributed by atoms with E-state index in [1.165, 1.54) is 29.5 Å².